The zero-order valence-corrected chi connectivity index (χ0v) is 23.2. The van der Waals surface area contributed by atoms with Crippen LogP contribution in [0, 0.1) is 0 Å². The molecule has 0 nitrogen and oxygen atoms in total. The van der Waals surface area contributed by atoms with Gasteiger partial charge in [0.2, 0.25) is 0 Å². The summed E-state index contributed by atoms with van der Waals surface area (Å²) in [5, 5.41) is 3.91. The van der Waals surface area contributed by atoms with E-state index >= 15 is 0 Å². The second-order valence-electron chi connectivity index (χ2n) is 10.2. The Hall–Kier alpha value is -5.24. The Morgan fingerprint density at radius 1 is 0.395 bits per heavy atom. The minimum atomic E-state index is -0.585. The summed E-state index contributed by atoms with van der Waals surface area (Å²) in [6, 6.07) is 17.6. The lowest BCUT2D eigenvalue weighted by Gasteiger charge is -2.19. The third-order valence-corrected chi connectivity index (χ3v) is 9.19. The standard InChI is InChI=1S/C42H26S/c1-2-14-28(15-3-1)42-41(37-21-10-11-24-38(37)43-42)40-35-19-8-6-17-33(35)39(34-18-7-9-20-36(34)40)32-23-12-22-30-29-16-5-4-13-27(29)25-26-31(30)32/h1-26H/i1D,2D,3D,6D,7D,8D,9D,14D,15D,17D,18D,19D,20D. The molecule has 0 spiro atoms. The van der Waals surface area contributed by atoms with Crippen molar-refractivity contribution in [2.45, 2.75) is 0 Å². The Bertz CT molecular complexity index is 3130. The molecule has 0 bridgehead atoms. The van der Waals surface area contributed by atoms with Crippen LogP contribution in [0.1, 0.15) is 17.8 Å². The number of hydrogen-bond donors (Lipinski definition) is 0. The predicted octanol–water partition coefficient (Wildman–Crippen LogP) is 12.5. The van der Waals surface area contributed by atoms with Gasteiger partial charge < -0.3 is 0 Å². The first kappa shape index (κ1) is 14.8. The van der Waals surface area contributed by atoms with Crippen molar-refractivity contribution in [3.05, 3.63) is 157 Å². The fourth-order valence-corrected chi connectivity index (χ4v) is 7.40. The highest BCUT2D eigenvalue weighted by Crippen LogP contribution is 2.51. The van der Waals surface area contributed by atoms with E-state index in [1.54, 1.807) is 30.3 Å². The molecule has 0 aliphatic carbocycles. The highest BCUT2D eigenvalue weighted by molar-refractivity contribution is 7.23. The number of benzene rings is 8. The zero-order valence-electron chi connectivity index (χ0n) is 35.4. The summed E-state index contributed by atoms with van der Waals surface area (Å²) >= 11 is 1.13. The Morgan fingerprint density at radius 3 is 1.74 bits per heavy atom. The molecule has 0 atom stereocenters. The van der Waals surface area contributed by atoms with Crippen LogP contribution in [-0.4, -0.2) is 0 Å². The highest BCUT2D eigenvalue weighted by Gasteiger charge is 2.23. The van der Waals surface area contributed by atoms with Crippen LogP contribution in [0.15, 0.2) is 157 Å². The predicted molar refractivity (Wildman–Crippen MR) is 188 cm³/mol. The number of fused-ring (bicyclic) bond motifs is 6. The molecule has 0 fully saturated rings. The van der Waals surface area contributed by atoms with Crippen LogP contribution in [0.3, 0.4) is 0 Å². The number of hydrogen-bond acceptors (Lipinski definition) is 1. The molecule has 0 N–H and O–H groups in total. The third-order valence-electron chi connectivity index (χ3n) is 8.00. The molecule has 9 aromatic rings. The van der Waals surface area contributed by atoms with Crippen molar-refractivity contribution in [2.75, 3.05) is 0 Å². The molecule has 0 aliphatic rings. The van der Waals surface area contributed by atoms with Gasteiger partial charge >= 0.3 is 0 Å². The maximum absolute atomic E-state index is 9.52. The molecule has 8 aromatic carbocycles. The van der Waals surface area contributed by atoms with Gasteiger partial charge in [-0.15, -0.1) is 11.3 Å². The van der Waals surface area contributed by atoms with Gasteiger partial charge in [0.05, 0.1) is 17.8 Å². The van der Waals surface area contributed by atoms with Gasteiger partial charge in [-0.1, -0.05) is 151 Å². The van der Waals surface area contributed by atoms with Crippen molar-refractivity contribution >= 4 is 64.5 Å². The molecule has 0 radical (unpaired) electrons. The van der Waals surface area contributed by atoms with Crippen molar-refractivity contribution in [2.24, 2.45) is 0 Å². The van der Waals surface area contributed by atoms with Gasteiger partial charge in [0.15, 0.2) is 0 Å². The van der Waals surface area contributed by atoms with Crippen LogP contribution in [0.25, 0.3) is 85.9 Å². The van der Waals surface area contributed by atoms with Gasteiger partial charge in [-0.05, 0) is 71.4 Å². The summed E-state index contributed by atoms with van der Waals surface area (Å²) in [5.74, 6) is 0. The Balaban J connectivity index is 1.62. The molecule has 0 saturated heterocycles. The maximum Gasteiger partial charge on any atom is 0.0630 e. The Labute approximate surface area is 272 Å². The second-order valence-corrected chi connectivity index (χ2v) is 11.3. The lowest BCUT2D eigenvalue weighted by molar-refractivity contribution is 1.68. The topological polar surface area (TPSA) is 0 Å². The fraction of sp³-hybridized carbons (Fsp3) is 0. The van der Waals surface area contributed by atoms with E-state index in [0.717, 1.165) is 27.5 Å². The Kier molecular flexibility index (Phi) is 3.32. The molecule has 0 unspecified atom stereocenters. The summed E-state index contributed by atoms with van der Waals surface area (Å²) in [6.07, 6.45) is 0. The largest absolute Gasteiger partial charge is 0.135 e. The molecule has 43 heavy (non-hydrogen) atoms. The van der Waals surface area contributed by atoms with Gasteiger partial charge in [0, 0.05) is 20.5 Å². The molecule has 0 saturated carbocycles. The lowest BCUT2D eigenvalue weighted by Crippen LogP contribution is -1.92. The molecular formula is C42H26S. The van der Waals surface area contributed by atoms with Crippen LogP contribution < -0.4 is 0 Å². The minimum Gasteiger partial charge on any atom is -0.135 e. The molecular weight excluding hydrogens is 537 g/mol. The third kappa shape index (κ3) is 3.69. The van der Waals surface area contributed by atoms with E-state index in [9.17, 15) is 5.48 Å². The second kappa shape index (κ2) is 9.66. The van der Waals surface area contributed by atoms with Crippen molar-refractivity contribution in [1.29, 1.82) is 0 Å². The first-order valence-corrected chi connectivity index (χ1v) is 14.5. The summed E-state index contributed by atoms with van der Waals surface area (Å²) in [6.45, 7) is 0. The van der Waals surface area contributed by atoms with Gasteiger partial charge in [-0.2, -0.15) is 0 Å². The molecule has 1 heteroatoms. The molecule has 0 aliphatic heterocycles. The molecule has 1 heterocycles. The normalized spacial score (nSPS) is 16.0. The van der Waals surface area contributed by atoms with E-state index in [2.05, 4.69) is 0 Å². The Morgan fingerprint density at radius 2 is 1.00 bits per heavy atom. The minimum absolute atomic E-state index is 0.0199. The van der Waals surface area contributed by atoms with Crippen LogP contribution in [-0.2, 0) is 0 Å². The van der Waals surface area contributed by atoms with E-state index in [4.69, 9.17) is 12.3 Å². The zero-order chi connectivity index (χ0) is 39.6. The number of thiophene rings is 1. The number of rotatable bonds is 3. The monoisotopic (exact) mass is 575 g/mol. The van der Waals surface area contributed by atoms with E-state index in [1.807, 2.05) is 48.5 Å². The van der Waals surface area contributed by atoms with E-state index in [1.165, 1.54) is 0 Å². The maximum atomic E-state index is 9.52. The summed E-state index contributed by atoms with van der Waals surface area (Å²) in [5.41, 5.74) is 0.820. The van der Waals surface area contributed by atoms with Gasteiger partial charge in [0.1, 0.15) is 0 Å². The summed E-state index contributed by atoms with van der Waals surface area (Å²) in [4.78, 5) is 0.190. The highest BCUT2D eigenvalue weighted by atomic mass is 32.1. The van der Waals surface area contributed by atoms with Crippen LogP contribution >= 0.6 is 11.3 Å². The molecule has 200 valence electrons. The van der Waals surface area contributed by atoms with Crippen LogP contribution in [0.5, 0.6) is 0 Å². The fourth-order valence-electron chi connectivity index (χ4n) is 6.24. The van der Waals surface area contributed by atoms with E-state index in [-0.39, 0.29) is 48.7 Å². The lowest BCUT2D eigenvalue weighted by atomic mass is 9.83. The first-order chi connectivity index (χ1) is 26.8. The quantitative estimate of drug-likeness (QED) is 0.145. The molecule has 9 rings (SSSR count). The van der Waals surface area contributed by atoms with E-state index in [0.29, 0.717) is 21.0 Å². The average Bonchev–Trinajstić information content (AvgIpc) is 3.59. The van der Waals surface area contributed by atoms with Crippen LogP contribution in [0.2, 0.25) is 0 Å². The smallest absolute Gasteiger partial charge is 0.0630 e. The van der Waals surface area contributed by atoms with Crippen molar-refractivity contribution in [1.82, 2.24) is 0 Å². The van der Waals surface area contributed by atoms with Crippen molar-refractivity contribution in [3.8, 4) is 32.7 Å². The van der Waals surface area contributed by atoms with Crippen molar-refractivity contribution in [3.63, 3.8) is 0 Å². The summed E-state index contributed by atoms with van der Waals surface area (Å²) in [7, 11) is 0. The molecule has 0 amide bonds. The average molecular weight is 576 g/mol. The van der Waals surface area contributed by atoms with Crippen molar-refractivity contribution < 1.29 is 17.8 Å². The summed E-state index contributed by atoms with van der Waals surface area (Å²) < 4.78 is 118. The molecule has 1 aromatic heterocycles. The SMILES string of the molecule is [2H]c1c([2H])c([2H])c(-c2sc3ccccc3c2-c2c3c([2H])c([2H])c([2H])c([2H])c3c(-c3cccc4c3ccc3ccccc34)c3c([2H])c([2H])c([2H])c([2H])c23)c([2H])c1[2H]. The van der Waals surface area contributed by atoms with Gasteiger partial charge in [-0.25, -0.2) is 0 Å². The van der Waals surface area contributed by atoms with Crippen LogP contribution in [0.4, 0.5) is 0 Å². The van der Waals surface area contributed by atoms with E-state index < -0.39 is 78.6 Å². The first-order valence-electron chi connectivity index (χ1n) is 20.2. The van der Waals surface area contributed by atoms with Gasteiger partial charge in [0.25, 0.3) is 0 Å². The van der Waals surface area contributed by atoms with Gasteiger partial charge in [-0.3, -0.25) is 0 Å².